The molecule has 0 unspecified atom stereocenters. The van der Waals surface area contributed by atoms with Crippen LogP contribution >= 0.6 is 11.6 Å². The van der Waals surface area contributed by atoms with Crippen molar-refractivity contribution in [1.82, 2.24) is 0 Å². The lowest BCUT2D eigenvalue weighted by Crippen LogP contribution is -2.32. The van der Waals surface area contributed by atoms with Crippen LogP contribution in [0.3, 0.4) is 0 Å². The highest BCUT2D eigenvalue weighted by Gasteiger charge is 2.20. The molecule has 0 spiro atoms. The Morgan fingerprint density at radius 3 is 2.68 bits per heavy atom. The van der Waals surface area contributed by atoms with Crippen molar-refractivity contribution < 1.29 is 9.53 Å². The van der Waals surface area contributed by atoms with E-state index in [2.05, 4.69) is 17.4 Å². The van der Waals surface area contributed by atoms with Gasteiger partial charge in [0.15, 0.2) is 6.10 Å². The van der Waals surface area contributed by atoms with Crippen molar-refractivity contribution in [3.8, 4) is 5.75 Å². The van der Waals surface area contributed by atoms with Gasteiger partial charge >= 0.3 is 0 Å². The first kappa shape index (κ1) is 17.8. The first-order valence-electron chi connectivity index (χ1n) is 8.92. The van der Waals surface area contributed by atoms with E-state index >= 15 is 0 Å². The van der Waals surface area contributed by atoms with E-state index in [1.54, 1.807) is 6.07 Å². The SMILES string of the molecule is CC[C@H](Oc1ccc2c(c1)CCCC2)C(=O)Nc1cc(Cl)ccc1C. The van der Waals surface area contributed by atoms with Gasteiger partial charge in [0.1, 0.15) is 5.75 Å². The van der Waals surface area contributed by atoms with Crippen molar-refractivity contribution in [1.29, 1.82) is 0 Å². The van der Waals surface area contributed by atoms with E-state index in [1.807, 2.05) is 32.0 Å². The lowest BCUT2D eigenvalue weighted by Gasteiger charge is -2.21. The van der Waals surface area contributed by atoms with Crippen LogP contribution in [0.2, 0.25) is 5.02 Å². The molecule has 132 valence electrons. The molecule has 0 radical (unpaired) electrons. The molecule has 0 heterocycles. The predicted molar refractivity (Wildman–Crippen MR) is 103 cm³/mol. The highest BCUT2D eigenvalue weighted by molar-refractivity contribution is 6.31. The molecular formula is C21H24ClNO2. The number of benzene rings is 2. The molecule has 2 aromatic rings. The van der Waals surface area contributed by atoms with Crippen LogP contribution in [0.15, 0.2) is 36.4 Å². The fourth-order valence-corrected chi connectivity index (χ4v) is 3.38. The van der Waals surface area contributed by atoms with Crippen LogP contribution in [0.1, 0.15) is 42.9 Å². The van der Waals surface area contributed by atoms with E-state index in [0.717, 1.165) is 29.8 Å². The summed E-state index contributed by atoms with van der Waals surface area (Å²) in [4.78, 5) is 12.6. The molecule has 0 aliphatic heterocycles. The number of hydrogen-bond acceptors (Lipinski definition) is 2. The summed E-state index contributed by atoms with van der Waals surface area (Å²) in [6.07, 6.45) is 4.79. The molecule has 2 aromatic carbocycles. The Labute approximate surface area is 154 Å². The number of nitrogens with one attached hydrogen (secondary N) is 1. The fourth-order valence-electron chi connectivity index (χ4n) is 3.21. The second-order valence-electron chi connectivity index (χ2n) is 6.60. The summed E-state index contributed by atoms with van der Waals surface area (Å²) in [6.45, 7) is 3.89. The summed E-state index contributed by atoms with van der Waals surface area (Å²) in [5, 5.41) is 3.54. The molecule has 1 aliphatic carbocycles. The van der Waals surface area contributed by atoms with Gasteiger partial charge in [0.05, 0.1) is 0 Å². The molecular weight excluding hydrogens is 334 g/mol. The maximum absolute atomic E-state index is 12.6. The second-order valence-corrected chi connectivity index (χ2v) is 7.04. The Bertz CT molecular complexity index is 772. The van der Waals surface area contributed by atoms with E-state index in [1.165, 1.54) is 24.0 Å². The number of carbonyl (C=O) groups is 1. The number of carbonyl (C=O) groups excluding carboxylic acids is 1. The van der Waals surface area contributed by atoms with Crippen LogP contribution in [0.25, 0.3) is 0 Å². The number of hydrogen-bond donors (Lipinski definition) is 1. The second kappa shape index (κ2) is 7.92. The zero-order valence-electron chi connectivity index (χ0n) is 14.8. The zero-order valence-corrected chi connectivity index (χ0v) is 15.5. The van der Waals surface area contributed by atoms with Gasteiger partial charge in [-0.2, -0.15) is 0 Å². The summed E-state index contributed by atoms with van der Waals surface area (Å²) in [6, 6.07) is 11.7. The van der Waals surface area contributed by atoms with Gasteiger partial charge in [-0.15, -0.1) is 0 Å². The van der Waals surface area contributed by atoms with Crippen molar-refractivity contribution in [2.75, 3.05) is 5.32 Å². The fraction of sp³-hybridized carbons (Fsp3) is 0.381. The smallest absolute Gasteiger partial charge is 0.265 e. The predicted octanol–water partition coefficient (Wildman–Crippen LogP) is 5.32. The Balaban J connectivity index is 1.71. The van der Waals surface area contributed by atoms with Crippen LogP contribution in [0, 0.1) is 6.92 Å². The third-order valence-corrected chi connectivity index (χ3v) is 4.95. The van der Waals surface area contributed by atoms with E-state index in [0.29, 0.717) is 11.4 Å². The molecule has 3 nitrogen and oxygen atoms in total. The maximum Gasteiger partial charge on any atom is 0.265 e. The van der Waals surface area contributed by atoms with E-state index in [-0.39, 0.29) is 5.91 Å². The molecule has 0 aromatic heterocycles. The van der Waals surface area contributed by atoms with Crippen LogP contribution in [-0.4, -0.2) is 12.0 Å². The van der Waals surface area contributed by atoms with Gasteiger partial charge < -0.3 is 10.1 Å². The van der Waals surface area contributed by atoms with Crippen LogP contribution in [0.5, 0.6) is 5.75 Å². The minimum atomic E-state index is -0.528. The normalized spacial score (nSPS) is 14.5. The van der Waals surface area contributed by atoms with E-state index in [9.17, 15) is 4.79 Å². The standard InChI is InChI=1S/C21H24ClNO2/c1-3-20(21(24)23-19-13-17(22)10-8-14(19)2)25-18-11-9-15-6-4-5-7-16(15)12-18/h8-13,20H,3-7H2,1-2H3,(H,23,24)/t20-/m0/s1. The number of fused-ring (bicyclic) bond motifs is 1. The van der Waals surface area contributed by atoms with Gasteiger partial charge in [-0.1, -0.05) is 30.7 Å². The minimum Gasteiger partial charge on any atom is -0.481 e. The van der Waals surface area contributed by atoms with Crippen molar-refractivity contribution in [3.05, 3.63) is 58.1 Å². The molecule has 1 atom stereocenters. The summed E-state index contributed by atoms with van der Waals surface area (Å²) in [5.41, 5.74) is 4.46. The first-order chi connectivity index (χ1) is 12.1. The highest BCUT2D eigenvalue weighted by atomic mass is 35.5. The van der Waals surface area contributed by atoms with Crippen molar-refractivity contribution in [2.45, 2.75) is 52.1 Å². The Kier molecular flexibility index (Phi) is 5.64. The number of halogens is 1. The monoisotopic (exact) mass is 357 g/mol. The average Bonchev–Trinajstić information content (AvgIpc) is 2.62. The average molecular weight is 358 g/mol. The van der Waals surface area contributed by atoms with Crippen LogP contribution in [0.4, 0.5) is 5.69 Å². The summed E-state index contributed by atoms with van der Waals surface area (Å²) in [7, 11) is 0. The minimum absolute atomic E-state index is 0.148. The quantitative estimate of drug-likeness (QED) is 0.786. The molecule has 1 aliphatic rings. The van der Waals surface area contributed by atoms with Crippen LogP contribution < -0.4 is 10.1 Å². The maximum atomic E-state index is 12.6. The topological polar surface area (TPSA) is 38.3 Å². The van der Waals surface area contributed by atoms with Gasteiger partial charge in [-0.05, 0) is 80.0 Å². The van der Waals surface area contributed by atoms with Gasteiger partial charge in [-0.3, -0.25) is 4.79 Å². The summed E-state index contributed by atoms with van der Waals surface area (Å²) < 4.78 is 5.99. The molecule has 0 fully saturated rings. The van der Waals surface area contributed by atoms with Crippen LogP contribution in [-0.2, 0) is 17.6 Å². The molecule has 4 heteroatoms. The van der Waals surface area contributed by atoms with Gasteiger partial charge in [-0.25, -0.2) is 0 Å². The molecule has 1 N–H and O–H groups in total. The summed E-state index contributed by atoms with van der Waals surface area (Å²) in [5.74, 6) is 0.621. The van der Waals surface area contributed by atoms with Crippen molar-refractivity contribution in [2.24, 2.45) is 0 Å². The lowest BCUT2D eigenvalue weighted by atomic mass is 9.92. The molecule has 0 bridgehead atoms. The molecule has 3 rings (SSSR count). The molecule has 1 amide bonds. The third kappa shape index (κ3) is 4.35. The third-order valence-electron chi connectivity index (χ3n) is 4.72. The lowest BCUT2D eigenvalue weighted by molar-refractivity contribution is -0.122. The first-order valence-corrected chi connectivity index (χ1v) is 9.30. The number of aryl methyl sites for hydroxylation is 3. The van der Waals surface area contributed by atoms with Gasteiger partial charge in [0, 0.05) is 10.7 Å². The number of ether oxygens (including phenoxy) is 1. The summed E-state index contributed by atoms with van der Waals surface area (Å²) >= 11 is 6.03. The van der Waals surface area contributed by atoms with E-state index in [4.69, 9.17) is 16.3 Å². The van der Waals surface area contributed by atoms with Crippen molar-refractivity contribution in [3.63, 3.8) is 0 Å². The van der Waals surface area contributed by atoms with Gasteiger partial charge in [0.2, 0.25) is 0 Å². The highest BCUT2D eigenvalue weighted by Crippen LogP contribution is 2.26. The zero-order chi connectivity index (χ0) is 17.8. The molecule has 25 heavy (non-hydrogen) atoms. The van der Waals surface area contributed by atoms with Crippen molar-refractivity contribution >= 4 is 23.2 Å². The number of rotatable bonds is 5. The molecule has 0 saturated carbocycles. The number of amides is 1. The van der Waals surface area contributed by atoms with Gasteiger partial charge in [0.25, 0.3) is 5.91 Å². The largest absolute Gasteiger partial charge is 0.481 e. The Morgan fingerprint density at radius 2 is 1.92 bits per heavy atom. The Morgan fingerprint density at radius 1 is 1.16 bits per heavy atom. The number of anilines is 1. The molecule has 0 saturated heterocycles. The van der Waals surface area contributed by atoms with E-state index < -0.39 is 6.10 Å². The Hall–Kier alpha value is -2.00.